The van der Waals surface area contributed by atoms with Gasteiger partial charge in [-0.1, -0.05) is 118 Å². The highest BCUT2D eigenvalue weighted by Crippen LogP contribution is 2.30. The number of Topliss-reactive ketones (excluding diaryl/α,β-unsaturated/α-hetero) is 1. The maximum Gasteiger partial charge on any atom is 0.411 e. The van der Waals surface area contributed by atoms with Crippen LogP contribution in [0, 0.1) is 5.41 Å². The molecule has 2 N–H and O–H groups in total. The maximum atomic E-state index is 13.8. The van der Waals surface area contributed by atoms with Gasteiger partial charge in [-0.05, 0) is 60.8 Å². The van der Waals surface area contributed by atoms with Crippen LogP contribution in [0.1, 0.15) is 59.3 Å². The summed E-state index contributed by atoms with van der Waals surface area (Å²) in [6, 6.07) is 35.2. The number of amides is 2. The van der Waals surface area contributed by atoms with Crippen LogP contribution in [0.25, 0.3) is 22.3 Å². The number of carbonyl (C=O) groups is 3. The van der Waals surface area contributed by atoms with Crippen LogP contribution in [0.15, 0.2) is 109 Å². The van der Waals surface area contributed by atoms with Gasteiger partial charge in [-0.25, -0.2) is 9.59 Å². The number of benzene rings is 4. The second kappa shape index (κ2) is 18.4. The first kappa shape index (κ1) is 38.7. The third kappa shape index (κ3) is 11.0. The average molecular weight is 731 g/mol. The van der Waals surface area contributed by atoms with Crippen LogP contribution < -0.4 is 10.6 Å². The summed E-state index contributed by atoms with van der Waals surface area (Å²) in [5, 5.41) is 5.92. The standard InChI is InChI=1S/C45H54N4O5/c1-45(2,3)32-42(50)41(49-30-24-36(25-31-49)54-44(52)47-40-21-13-11-19-38(40)34-16-8-5-9-17-34)26-29-48-27-22-35(23-28-48)53-43(51)46-39-20-12-10-18-37(39)33-14-6-4-7-15-33/h4-21,35-36,41H,22-32H2,1-3H3,(H,46,51)(H,47,52). The zero-order chi connectivity index (χ0) is 37.9. The number of anilines is 2. The van der Waals surface area contributed by atoms with Gasteiger partial charge in [0.15, 0.2) is 5.78 Å². The molecule has 2 heterocycles. The molecule has 1 atom stereocenters. The van der Waals surface area contributed by atoms with Gasteiger partial charge in [0, 0.05) is 50.3 Å². The Morgan fingerprint density at radius 2 is 1.06 bits per heavy atom. The molecule has 6 rings (SSSR count). The third-order valence-electron chi connectivity index (χ3n) is 10.3. The Balaban J connectivity index is 0.971. The average Bonchev–Trinajstić information content (AvgIpc) is 3.16. The number of piperidine rings is 2. The number of nitrogens with zero attached hydrogens (tertiary/aromatic N) is 2. The highest BCUT2D eigenvalue weighted by Gasteiger charge is 2.33. The Kier molecular flexibility index (Phi) is 13.2. The van der Waals surface area contributed by atoms with Gasteiger partial charge in [0.2, 0.25) is 0 Å². The van der Waals surface area contributed by atoms with Crippen LogP contribution in [-0.4, -0.2) is 78.7 Å². The van der Waals surface area contributed by atoms with E-state index in [4.69, 9.17) is 9.47 Å². The highest BCUT2D eigenvalue weighted by molar-refractivity contribution is 5.92. The zero-order valence-electron chi connectivity index (χ0n) is 31.8. The molecule has 0 bridgehead atoms. The minimum atomic E-state index is -0.459. The van der Waals surface area contributed by atoms with E-state index >= 15 is 0 Å². The number of rotatable bonds is 12. The number of carbonyl (C=O) groups excluding carboxylic acids is 3. The topological polar surface area (TPSA) is 100 Å². The monoisotopic (exact) mass is 730 g/mol. The minimum Gasteiger partial charge on any atom is -0.446 e. The molecule has 54 heavy (non-hydrogen) atoms. The number of ether oxygens (including phenoxy) is 2. The molecule has 9 nitrogen and oxygen atoms in total. The lowest BCUT2D eigenvalue weighted by molar-refractivity contribution is -0.127. The van der Waals surface area contributed by atoms with Crippen molar-refractivity contribution < 1.29 is 23.9 Å². The smallest absolute Gasteiger partial charge is 0.411 e. The first-order valence-corrected chi connectivity index (χ1v) is 19.3. The van der Waals surface area contributed by atoms with Crippen molar-refractivity contribution in [3.63, 3.8) is 0 Å². The SMILES string of the molecule is CC(C)(C)CC(=O)C(CCN1CCC(OC(=O)Nc2ccccc2-c2ccccc2)CC1)N1CCC(OC(=O)Nc2ccccc2-c2ccccc2)CC1. The molecule has 4 aromatic carbocycles. The summed E-state index contributed by atoms with van der Waals surface area (Å²) in [6.45, 7) is 10.1. The van der Waals surface area contributed by atoms with Crippen LogP contribution >= 0.6 is 0 Å². The lowest BCUT2D eigenvalue weighted by Gasteiger charge is -2.39. The lowest BCUT2D eigenvalue weighted by Crippen LogP contribution is -2.49. The van der Waals surface area contributed by atoms with Gasteiger partial charge < -0.3 is 14.4 Å². The van der Waals surface area contributed by atoms with E-state index in [2.05, 4.69) is 41.2 Å². The summed E-state index contributed by atoms with van der Waals surface area (Å²) in [4.78, 5) is 44.4. The van der Waals surface area contributed by atoms with E-state index in [0.717, 1.165) is 66.8 Å². The van der Waals surface area contributed by atoms with Crippen LogP contribution in [0.3, 0.4) is 0 Å². The molecule has 0 radical (unpaired) electrons. The van der Waals surface area contributed by atoms with Crippen molar-refractivity contribution in [3.8, 4) is 22.3 Å². The predicted molar refractivity (Wildman–Crippen MR) is 216 cm³/mol. The molecule has 9 heteroatoms. The van der Waals surface area contributed by atoms with Crippen molar-refractivity contribution in [3.05, 3.63) is 109 Å². The maximum absolute atomic E-state index is 13.8. The molecular formula is C45H54N4O5. The fourth-order valence-electron chi connectivity index (χ4n) is 7.55. The van der Waals surface area contributed by atoms with E-state index in [0.29, 0.717) is 38.0 Å². The fraction of sp³-hybridized carbons (Fsp3) is 0.400. The zero-order valence-corrected chi connectivity index (χ0v) is 31.8. The van der Waals surface area contributed by atoms with E-state index < -0.39 is 12.2 Å². The molecule has 284 valence electrons. The molecular weight excluding hydrogens is 677 g/mol. The number of para-hydroxylation sites is 2. The van der Waals surface area contributed by atoms with E-state index in [1.165, 1.54) is 0 Å². The molecule has 0 aromatic heterocycles. The van der Waals surface area contributed by atoms with Crippen LogP contribution in [0.4, 0.5) is 21.0 Å². The first-order valence-electron chi connectivity index (χ1n) is 19.3. The van der Waals surface area contributed by atoms with Gasteiger partial charge in [-0.15, -0.1) is 0 Å². The van der Waals surface area contributed by atoms with Gasteiger partial charge in [-0.2, -0.15) is 0 Å². The van der Waals surface area contributed by atoms with Gasteiger partial charge in [0.25, 0.3) is 0 Å². The Morgan fingerprint density at radius 1 is 0.630 bits per heavy atom. The second-order valence-electron chi connectivity index (χ2n) is 15.7. The normalized spacial score (nSPS) is 16.6. The van der Waals surface area contributed by atoms with Gasteiger partial charge in [0.05, 0.1) is 17.4 Å². The summed E-state index contributed by atoms with van der Waals surface area (Å²) >= 11 is 0. The van der Waals surface area contributed by atoms with Gasteiger partial charge >= 0.3 is 12.2 Å². The highest BCUT2D eigenvalue weighted by atomic mass is 16.6. The molecule has 2 fully saturated rings. The molecule has 0 spiro atoms. The summed E-state index contributed by atoms with van der Waals surface area (Å²) in [5.74, 6) is 0.266. The van der Waals surface area contributed by atoms with Crippen LogP contribution in [0.5, 0.6) is 0 Å². The molecule has 2 aliphatic rings. The van der Waals surface area contributed by atoms with Crippen molar-refractivity contribution in [2.45, 2.75) is 77.5 Å². The summed E-state index contributed by atoms with van der Waals surface area (Å²) in [5.41, 5.74) is 5.26. The van der Waals surface area contributed by atoms with Crippen molar-refractivity contribution in [1.29, 1.82) is 0 Å². The first-order chi connectivity index (χ1) is 26.1. The molecule has 2 aliphatic heterocycles. The quantitative estimate of drug-likeness (QED) is 0.150. The number of ketones is 1. The third-order valence-corrected chi connectivity index (χ3v) is 10.3. The number of hydrogen-bond acceptors (Lipinski definition) is 7. The minimum absolute atomic E-state index is 0.108. The Hall–Kier alpha value is -4.99. The Bertz CT molecular complexity index is 1830. The molecule has 4 aromatic rings. The number of likely N-dealkylation sites (tertiary alicyclic amines) is 2. The van der Waals surface area contributed by atoms with Gasteiger partial charge in [0.1, 0.15) is 12.2 Å². The van der Waals surface area contributed by atoms with E-state index in [-0.39, 0.29) is 29.4 Å². The number of nitrogens with one attached hydrogen (secondary N) is 2. The van der Waals surface area contributed by atoms with E-state index in [1.807, 2.05) is 109 Å². The molecule has 0 saturated carbocycles. The van der Waals surface area contributed by atoms with E-state index in [1.54, 1.807) is 0 Å². The summed E-state index contributed by atoms with van der Waals surface area (Å²) < 4.78 is 11.8. The molecule has 0 aliphatic carbocycles. The van der Waals surface area contributed by atoms with E-state index in [9.17, 15) is 14.4 Å². The lowest BCUT2D eigenvalue weighted by atomic mass is 9.86. The summed E-state index contributed by atoms with van der Waals surface area (Å²) in [6.07, 6.45) is 2.81. The predicted octanol–water partition coefficient (Wildman–Crippen LogP) is 9.51. The Morgan fingerprint density at radius 3 is 1.52 bits per heavy atom. The number of hydrogen-bond donors (Lipinski definition) is 2. The van der Waals surface area contributed by atoms with Crippen molar-refractivity contribution in [2.24, 2.45) is 5.41 Å². The van der Waals surface area contributed by atoms with Crippen LogP contribution in [-0.2, 0) is 14.3 Å². The molecule has 1 unspecified atom stereocenters. The van der Waals surface area contributed by atoms with Crippen molar-refractivity contribution in [1.82, 2.24) is 9.80 Å². The summed E-state index contributed by atoms with van der Waals surface area (Å²) in [7, 11) is 0. The molecule has 2 saturated heterocycles. The van der Waals surface area contributed by atoms with Crippen molar-refractivity contribution in [2.75, 3.05) is 43.4 Å². The van der Waals surface area contributed by atoms with Gasteiger partial charge in [-0.3, -0.25) is 20.3 Å². The van der Waals surface area contributed by atoms with Crippen LogP contribution in [0.2, 0.25) is 0 Å². The molecule has 2 amide bonds. The largest absolute Gasteiger partial charge is 0.446 e. The van der Waals surface area contributed by atoms with Crippen molar-refractivity contribution >= 4 is 29.3 Å². The second-order valence-corrected chi connectivity index (χ2v) is 15.7. The fourth-order valence-corrected chi connectivity index (χ4v) is 7.55. The Labute approximate surface area is 320 Å².